The number of nitrogens with one attached hydrogen (secondary N) is 1. The maximum absolute atomic E-state index is 6.11. The summed E-state index contributed by atoms with van der Waals surface area (Å²) in [6.45, 7) is 0.824. The summed E-state index contributed by atoms with van der Waals surface area (Å²) in [5.74, 6) is 1.28. The van der Waals surface area contributed by atoms with Crippen LogP contribution < -0.4 is 14.8 Å². The van der Waals surface area contributed by atoms with Gasteiger partial charge in [-0.25, -0.2) is 0 Å². The van der Waals surface area contributed by atoms with Crippen LogP contribution in [0.15, 0.2) is 12.1 Å². The Morgan fingerprint density at radius 2 is 2.00 bits per heavy atom. The maximum Gasteiger partial charge on any atom is 0.179 e. The second-order valence-corrected chi connectivity index (χ2v) is 4.38. The smallest absolute Gasteiger partial charge is 0.179 e. The van der Waals surface area contributed by atoms with Crippen LogP contribution in [-0.4, -0.2) is 20.3 Å². The van der Waals surface area contributed by atoms with E-state index in [9.17, 15) is 0 Å². The zero-order valence-corrected chi connectivity index (χ0v) is 11.5. The van der Waals surface area contributed by atoms with E-state index in [1.165, 1.54) is 12.8 Å². The third kappa shape index (κ3) is 3.66. The van der Waals surface area contributed by atoms with Crippen molar-refractivity contribution < 1.29 is 9.47 Å². The van der Waals surface area contributed by atoms with Gasteiger partial charge in [-0.2, -0.15) is 0 Å². The lowest BCUT2D eigenvalue weighted by Crippen LogP contribution is -2.15. The third-order valence-corrected chi connectivity index (χ3v) is 2.95. The zero-order chi connectivity index (χ0) is 11.5. The van der Waals surface area contributed by atoms with Crippen molar-refractivity contribution in [2.75, 3.05) is 14.2 Å². The molecule has 1 fully saturated rings. The summed E-state index contributed by atoms with van der Waals surface area (Å²) in [5.41, 5.74) is 1.12. The lowest BCUT2D eigenvalue weighted by Gasteiger charge is -2.12. The molecule has 3 nitrogen and oxygen atoms in total. The second-order valence-electron chi connectivity index (χ2n) is 3.97. The largest absolute Gasteiger partial charge is 0.493 e. The van der Waals surface area contributed by atoms with Crippen molar-refractivity contribution in [3.8, 4) is 11.5 Å². The molecule has 0 bridgehead atoms. The normalized spacial score (nSPS) is 14.1. The van der Waals surface area contributed by atoms with E-state index in [-0.39, 0.29) is 12.4 Å². The molecule has 1 aliphatic rings. The Hall–Kier alpha value is -0.640. The minimum atomic E-state index is 0. The minimum absolute atomic E-state index is 0. The molecular formula is C12H17Cl2NO2. The van der Waals surface area contributed by atoms with Gasteiger partial charge in [0.1, 0.15) is 0 Å². The summed E-state index contributed by atoms with van der Waals surface area (Å²) in [7, 11) is 3.21. The monoisotopic (exact) mass is 277 g/mol. The van der Waals surface area contributed by atoms with Crippen LogP contribution in [0.3, 0.4) is 0 Å². The average Bonchev–Trinajstić information content (AvgIpc) is 3.09. The Kier molecular flexibility index (Phi) is 5.37. The predicted molar refractivity (Wildman–Crippen MR) is 71.7 cm³/mol. The second kappa shape index (κ2) is 6.34. The van der Waals surface area contributed by atoms with Gasteiger partial charge in [-0.3, -0.25) is 0 Å². The molecule has 0 aromatic heterocycles. The quantitative estimate of drug-likeness (QED) is 0.898. The number of benzene rings is 1. The first-order valence-electron chi connectivity index (χ1n) is 5.38. The number of methoxy groups -OCH3 is 2. The fourth-order valence-electron chi connectivity index (χ4n) is 1.62. The number of ether oxygens (including phenoxy) is 2. The van der Waals surface area contributed by atoms with E-state index in [1.807, 2.05) is 12.1 Å². The molecule has 1 aliphatic carbocycles. The highest BCUT2D eigenvalue weighted by atomic mass is 35.5. The molecule has 17 heavy (non-hydrogen) atoms. The van der Waals surface area contributed by atoms with Crippen LogP contribution in [0.1, 0.15) is 18.4 Å². The summed E-state index contributed by atoms with van der Waals surface area (Å²) in [4.78, 5) is 0. The fraction of sp³-hybridized carbons (Fsp3) is 0.500. The molecule has 0 radical (unpaired) electrons. The Bertz CT molecular complexity index is 381. The highest BCUT2D eigenvalue weighted by Gasteiger charge is 2.20. The van der Waals surface area contributed by atoms with Gasteiger partial charge in [-0.05, 0) is 30.5 Å². The van der Waals surface area contributed by atoms with Gasteiger partial charge in [0.25, 0.3) is 0 Å². The lowest BCUT2D eigenvalue weighted by molar-refractivity contribution is 0.354. The van der Waals surface area contributed by atoms with Gasteiger partial charge in [0.15, 0.2) is 11.5 Å². The highest BCUT2D eigenvalue weighted by molar-refractivity contribution is 6.32. The van der Waals surface area contributed by atoms with Crippen LogP contribution in [0.4, 0.5) is 0 Å². The molecule has 0 spiro atoms. The van der Waals surface area contributed by atoms with Crippen LogP contribution in [0.25, 0.3) is 0 Å². The molecule has 1 aromatic carbocycles. The topological polar surface area (TPSA) is 30.5 Å². The molecule has 0 heterocycles. The van der Waals surface area contributed by atoms with Crippen molar-refractivity contribution in [3.05, 3.63) is 22.7 Å². The Morgan fingerprint density at radius 1 is 1.29 bits per heavy atom. The van der Waals surface area contributed by atoms with Crippen molar-refractivity contribution in [2.45, 2.75) is 25.4 Å². The molecule has 0 aliphatic heterocycles. The summed E-state index contributed by atoms with van der Waals surface area (Å²) >= 11 is 6.11. The number of halogens is 2. The maximum atomic E-state index is 6.11. The number of hydrogen-bond acceptors (Lipinski definition) is 3. The first-order chi connectivity index (χ1) is 7.74. The zero-order valence-electron chi connectivity index (χ0n) is 9.96. The van der Waals surface area contributed by atoms with E-state index in [0.29, 0.717) is 22.6 Å². The standard InChI is InChI=1S/C12H16ClNO2.ClH/c1-15-11-6-8(7-14-9-3-4-9)5-10(13)12(11)16-2;/h5-6,9,14H,3-4,7H2,1-2H3;1H. The van der Waals surface area contributed by atoms with E-state index in [4.69, 9.17) is 21.1 Å². The summed E-state index contributed by atoms with van der Waals surface area (Å²) in [5, 5.41) is 4.03. The summed E-state index contributed by atoms with van der Waals surface area (Å²) < 4.78 is 10.4. The molecule has 0 unspecified atom stereocenters. The molecule has 2 rings (SSSR count). The van der Waals surface area contributed by atoms with Gasteiger partial charge in [0.05, 0.1) is 19.2 Å². The fourth-order valence-corrected chi connectivity index (χ4v) is 1.93. The van der Waals surface area contributed by atoms with E-state index in [2.05, 4.69) is 5.32 Å². The third-order valence-electron chi connectivity index (χ3n) is 2.67. The number of rotatable bonds is 5. The molecule has 1 saturated carbocycles. The first-order valence-corrected chi connectivity index (χ1v) is 5.76. The lowest BCUT2D eigenvalue weighted by atomic mass is 10.2. The number of hydrogen-bond donors (Lipinski definition) is 1. The Balaban J connectivity index is 0.00000144. The van der Waals surface area contributed by atoms with E-state index < -0.39 is 0 Å². The molecule has 96 valence electrons. The van der Waals surface area contributed by atoms with Crippen molar-refractivity contribution >= 4 is 24.0 Å². The summed E-state index contributed by atoms with van der Waals surface area (Å²) in [6, 6.07) is 4.56. The first kappa shape index (κ1) is 14.4. The van der Waals surface area contributed by atoms with E-state index in [1.54, 1.807) is 14.2 Å². The van der Waals surface area contributed by atoms with E-state index in [0.717, 1.165) is 12.1 Å². The van der Waals surface area contributed by atoms with Crippen LogP contribution in [0.2, 0.25) is 5.02 Å². The SMILES string of the molecule is COc1cc(CNC2CC2)cc(Cl)c1OC.Cl. The van der Waals surface area contributed by atoms with Crippen molar-refractivity contribution in [1.29, 1.82) is 0 Å². The van der Waals surface area contributed by atoms with Crippen LogP contribution in [0, 0.1) is 0 Å². The van der Waals surface area contributed by atoms with E-state index >= 15 is 0 Å². The van der Waals surface area contributed by atoms with Crippen molar-refractivity contribution in [3.63, 3.8) is 0 Å². The van der Waals surface area contributed by atoms with Crippen molar-refractivity contribution in [1.82, 2.24) is 5.32 Å². The molecule has 1 aromatic rings. The molecular weight excluding hydrogens is 261 g/mol. The van der Waals surface area contributed by atoms with Gasteiger partial charge >= 0.3 is 0 Å². The summed E-state index contributed by atoms with van der Waals surface area (Å²) in [6.07, 6.45) is 2.56. The minimum Gasteiger partial charge on any atom is -0.493 e. The van der Waals surface area contributed by atoms with Gasteiger partial charge in [0, 0.05) is 12.6 Å². The highest BCUT2D eigenvalue weighted by Crippen LogP contribution is 2.36. The Labute approximate surface area is 113 Å². The molecule has 0 amide bonds. The molecule has 0 atom stereocenters. The van der Waals surface area contributed by atoms with Gasteiger partial charge < -0.3 is 14.8 Å². The van der Waals surface area contributed by atoms with Crippen molar-refractivity contribution in [2.24, 2.45) is 0 Å². The van der Waals surface area contributed by atoms with Gasteiger partial charge in [0.2, 0.25) is 0 Å². The predicted octanol–water partition coefficient (Wildman–Crippen LogP) is 3.03. The van der Waals surface area contributed by atoms with Gasteiger partial charge in [-0.15, -0.1) is 12.4 Å². The van der Waals surface area contributed by atoms with Gasteiger partial charge in [-0.1, -0.05) is 11.6 Å². The van der Waals surface area contributed by atoms with Crippen LogP contribution in [0.5, 0.6) is 11.5 Å². The molecule has 0 saturated heterocycles. The van der Waals surface area contributed by atoms with Crippen LogP contribution >= 0.6 is 24.0 Å². The molecule has 1 N–H and O–H groups in total. The average molecular weight is 278 g/mol. The Morgan fingerprint density at radius 3 is 2.53 bits per heavy atom. The van der Waals surface area contributed by atoms with Crippen LogP contribution in [-0.2, 0) is 6.54 Å². The molecule has 5 heteroatoms.